The van der Waals surface area contributed by atoms with Gasteiger partial charge in [-0.3, -0.25) is 4.79 Å². The Bertz CT molecular complexity index is 552. The van der Waals surface area contributed by atoms with Crippen LogP contribution in [0.2, 0.25) is 0 Å². The number of phenolic OH excluding ortho intramolecular Hbond substituents is 2. The highest BCUT2D eigenvalue weighted by atomic mass is 16.3. The van der Waals surface area contributed by atoms with Crippen LogP contribution in [0.5, 0.6) is 11.5 Å². The van der Waals surface area contributed by atoms with Crippen LogP contribution in [0.3, 0.4) is 0 Å². The summed E-state index contributed by atoms with van der Waals surface area (Å²) in [4.78, 5) is 11.8. The smallest absolute Gasteiger partial charge is 0.255 e. The summed E-state index contributed by atoms with van der Waals surface area (Å²) in [6.45, 7) is 0. The second-order valence-corrected chi connectivity index (χ2v) is 3.52. The predicted molar refractivity (Wildman–Crippen MR) is 64.2 cm³/mol. The minimum atomic E-state index is -0.387. The number of anilines is 1. The normalized spacial score (nSPS) is 9.88. The molecule has 4 nitrogen and oxygen atoms in total. The molecule has 0 aromatic heterocycles. The summed E-state index contributed by atoms with van der Waals surface area (Å²) >= 11 is 0. The van der Waals surface area contributed by atoms with Crippen molar-refractivity contribution < 1.29 is 15.0 Å². The first kappa shape index (κ1) is 11.0. The number of rotatable bonds is 2. The molecule has 0 fully saturated rings. The fraction of sp³-hybridized carbons (Fsp3) is 0. The van der Waals surface area contributed by atoms with Crippen LogP contribution >= 0.6 is 0 Å². The maximum atomic E-state index is 11.8. The third-order valence-electron chi connectivity index (χ3n) is 2.26. The molecule has 0 aliphatic heterocycles. The molecule has 0 aliphatic rings. The molecular formula is C13H11NO3. The quantitative estimate of drug-likeness (QED) is 0.692. The molecule has 86 valence electrons. The van der Waals surface area contributed by atoms with Gasteiger partial charge in [-0.25, -0.2) is 0 Å². The van der Waals surface area contributed by atoms with Gasteiger partial charge in [-0.05, 0) is 30.3 Å². The zero-order valence-electron chi connectivity index (χ0n) is 8.92. The maximum absolute atomic E-state index is 11.8. The molecule has 0 spiro atoms. The van der Waals surface area contributed by atoms with Crippen molar-refractivity contribution in [1.82, 2.24) is 0 Å². The summed E-state index contributed by atoms with van der Waals surface area (Å²) in [5, 5.41) is 21.3. The summed E-state index contributed by atoms with van der Waals surface area (Å²) in [7, 11) is 0. The first-order valence-corrected chi connectivity index (χ1v) is 5.05. The Morgan fingerprint density at radius 1 is 1.00 bits per heavy atom. The molecule has 0 aliphatic carbocycles. The van der Waals surface area contributed by atoms with E-state index in [1.54, 1.807) is 30.3 Å². The number of benzene rings is 2. The van der Waals surface area contributed by atoms with Crippen LogP contribution in [0.4, 0.5) is 5.69 Å². The number of para-hydroxylation sites is 2. The molecule has 0 bridgehead atoms. The second-order valence-electron chi connectivity index (χ2n) is 3.52. The van der Waals surface area contributed by atoms with E-state index in [1.165, 1.54) is 18.2 Å². The van der Waals surface area contributed by atoms with Crippen molar-refractivity contribution in [2.24, 2.45) is 0 Å². The number of nitrogens with one attached hydrogen (secondary N) is 1. The predicted octanol–water partition coefficient (Wildman–Crippen LogP) is 2.35. The molecule has 0 radical (unpaired) electrons. The van der Waals surface area contributed by atoms with E-state index in [2.05, 4.69) is 5.32 Å². The average molecular weight is 229 g/mol. The highest BCUT2D eigenvalue weighted by Crippen LogP contribution is 2.22. The number of carbonyl (C=O) groups is 1. The largest absolute Gasteiger partial charge is 0.508 e. The molecule has 2 rings (SSSR count). The van der Waals surface area contributed by atoms with Crippen LogP contribution in [0, 0.1) is 0 Å². The topological polar surface area (TPSA) is 69.6 Å². The van der Waals surface area contributed by atoms with Crippen LogP contribution in [-0.4, -0.2) is 16.1 Å². The van der Waals surface area contributed by atoms with Gasteiger partial charge in [-0.2, -0.15) is 0 Å². The van der Waals surface area contributed by atoms with Crippen molar-refractivity contribution in [3.05, 3.63) is 54.1 Å². The van der Waals surface area contributed by atoms with Gasteiger partial charge in [0.2, 0.25) is 0 Å². The van der Waals surface area contributed by atoms with Gasteiger partial charge in [0.05, 0.1) is 5.69 Å². The first-order chi connectivity index (χ1) is 8.16. The van der Waals surface area contributed by atoms with Crippen molar-refractivity contribution in [2.45, 2.75) is 0 Å². The Morgan fingerprint density at radius 3 is 2.47 bits per heavy atom. The second kappa shape index (κ2) is 4.57. The maximum Gasteiger partial charge on any atom is 0.255 e. The lowest BCUT2D eigenvalue weighted by Crippen LogP contribution is -2.11. The van der Waals surface area contributed by atoms with Gasteiger partial charge < -0.3 is 15.5 Å². The highest BCUT2D eigenvalue weighted by molar-refractivity contribution is 6.05. The molecular weight excluding hydrogens is 218 g/mol. The number of aromatic hydroxyl groups is 2. The van der Waals surface area contributed by atoms with E-state index in [1.807, 2.05) is 0 Å². The van der Waals surface area contributed by atoms with Crippen molar-refractivity contribution in [3.63, 3.8) is 0 Å². The third kappa shape index (κ3) is 2.55. The SMILES string of the molecule is O=C(Nc1ccccc1O)c1cccc(O)c1. The van der Waals surface area contributed by atoms with Crippen LogP contribution < -0.4 is 5.32 Å². The van der Waals surface area contributed by atoms with Gasteiger partial charge >= 0.3 is 0 Å². The lowest BCUT2D eigenvalue weighted by molar-refractivity contribution is 0.102. The zero-order chi connectivity index (χ0) is 12.3. The van der Waals surface area contributed by atoms with E-state index in [-0.39, 0.29) is 17.4 Å². The molecule has 0 atom stereocenters. The van der Waals surface area contributed by atoms with E-state index >= 15 is 0 Å². The van der Waals surface area contributed by atoms with Crippen molar-refractivity contribution in [1.29, 1.82) is 0 Å². The summed E-state index contributed by atoms with van der Waals surface area (Å²) in [5.74, 6) is -0.363. The first-order valence-electron chi connectivity index (χ1n) is 5.05. The zero-order valence-corrected chi connectivity index (χ0v) is 8.92. The van der Waals surface area contributed by atoms with Crippen molar-refractivity contribution in [2.75, 3.05) is 5.32 Å². The Hall–Kier alpha value is -2.49. The summed E-state index contributed by atoms with van der Waals surface area (Å²) in [6.07, 6.45) is 0. The van der Waals surface area contributed by atoms with Crippen molar-refractivity contribution >= 4 is 11.6 Å². The molecule has 1 amide bonds. The van der Waals surface area contributed by atoms with E-state index in [4.69, 9.17) is 0 Å². The van der Waals surface area contributed by atoms with Gasteiger partial charge in [0.15, 0.2) is 0 Å². The van der Waals surface area contributed by atoms with Gasteiger partial charge in [0, 0.05) is 5.56 Å². The minimum absolute atomic E-state index is 0.000929. The standard InChI is InChI=1S/C13H11NO3/c15-10-5-3-4-9(8-10)13(17)14-11-6-1-2-7-12(11)16/h1-8,15-16H,(H,14,17). The van der Waals surface area contributed by atoms with Gasteiger partial charge in [0.1, 0.15) is 11.5 Å². The molecule has 0 saturated heterocycles. The van der Waals surface area contributed by atoms with Crippen LogP contribution in [0.25, 0.3) is 0 Å². The number of phenols is 2. The lowest BCUT2D eigenvalue weighted by atomic mass is 10.2. The molecule has 0 unspecified atom stereocenters. The fourth-order valence-electron chi connectivity index (χ4n) is 1.42. The molecule has 2 aromatic rings. The summed E-state index contributed by atoms with van der Waals surface area (Å²) in [5.41, 5.74) is 0.661. The van der Waals surface area contributed by atoms with Gasteiger partial charge in [-0.15, -0.1) is 0 Å². The van der Waals surface area contributed by atoms with E-state index in [9.17, 15) is 15.0 Å². The Labute approximate surface area is 98.2 Å². The number of hydrogen-bond donors (Lipinski definition) is 3. The highest BCUT2D eigenvalue weighted by Gasteiger charge is 2.08. The number of amides is 1. The Balaban J connectivity index is 2.20. The third-order valence-corrected chi connectivity index (χ3v) is 2.26. The Morgan fingerprint density at radius 2 is 1.76 bits per heavy atom. The monoisotopic (exact) mass is 229 g/mol. The minimum Gasteiger partial charge on any atom is -0.508 e. The van der Waals surface area contributed by atoms with E-state index < -0.39 is 0 Å². The number of hydrogen-bond acceptors (Lipinski definition) is 3. The van der Waals surface area contributed by atoms with E-state index in [0.29, 0.717) is 11.3 Å². The molecule has 2 aromatic carbocycles. The van der Waals surface area contributed by atoms with Crippen LogP contribution in [-0.2, 0) is 0 Å². The average Bonchev–Trinajstić information content (AvgIpc) is 2.32. The number of carbonyl (C=O) groups excluding carboxylic acids is 1. The summed E-state index contributed by atoms with van der Waals surface area (Å²) in [6, 6.07) is 12.4. The molecule has 17 heavy (non-hydrogen) atoms. The molecule has 0 heterocycles. The van der Waals surface area contributed by atoms with Crippen LogP contribution in [0.1, 0.15) is 10.4 Å². The van der Waals surface area contributed by atoms with Crippen molar-refractivity contribution in [3.8, 4) is 11.5 Å². The lowest BCUT2D eigenvalue weighted by Gasteiger charge is -2.06. The fourth-order valence-corrected chi connectivity index (χ4v) is 1.42. The molecule has 3 N–H and O–H groups in total. The van der Waals surface area contributed by atoms with Gasteiger partial charge in [-0.1, -0.05) is 18.2 Å². The molecule has 0 saturated carbocycles. The van der Waals surface area contributed by atoms with Gasteiger partial charge in [0.25, 0.3) is 5.91 Å². The molecule has 4 heteroatoms. The Kier molecular flexibility index (Phi) is 2.96. The van der Waals surface area contributed by atoms with Crippen LogP contribution in [0.15, 0.2) is 48.5 Å². The van der Waals surface area contributed by atoms with E-state index in [0.717, 1.165) is 0 Å². The summed E-state index contributed by atoms with van der Waals surface area (Å²) < 4.78 is 0.